The lowest BCUT2D eigenvalue weighted by Crippen LogP contribution is -2.31. The van der Waals surface area contributed by atoms with Crippen LogP contribution in [-0.4, -0.2) is 37.6 Å². The number of esters is 1. The van der Waals surface area contributed by atoms with Crippen LogP contribution in [0.3, 0.4) is 0 Å². The second kappa shape index (κ2) is 7.28. The van der Waals surface area contributed by atoms with Crippen LogP contribution in [0, 0.1) is 0 Å². The Morgan fingerprint density at radius 3 is 2.47 bits per heavy atom. The molecule has 1 aliphatic rings. The maximum atomic E-state index is 11.7. The monoisotopic (exact) mass is 237 g/mol. The van der Waals surface area contributed by atoms with Crippen LogP contribution in [0.1, 0.15) is 33.1 Å². The third-order valence-electron chi connectivity index (χ3n) is 3.21. The molecule has 0 aromatic rings. The summed E-state index contributed by atoms with van der Waals surface area (Å²) in [6, 6.07) is 0. The molecular weight excluding hydrogens is 214 g/mol. The highest BCUT2D eigenvalue weighted by Gasteiger charge is 2.18. The average Bonchev–Trinajstić information content (AvgIpc) is 2.39. The zero-order valence-corrected chi connectivity index (χ0v) is 11.2. The molecule has 3 heteroatoms. The zero-order valence-electron chi connectivity index (χ0n) is 11.2. The Kier molecular flexibility index (Phi) is 5.98. The lowest BCUT2D eigenvalue weighted by molar-refractivity contribution is -0.135. The Hall–Kier alpha value is -1.09. The molecule has 0 bridgehead atoms. The number of carbonyl (C=O) groups is 1. The number of likely N-dealkylation sites (tertiary alicyclic amines) is 1. The predicted octanol–water partition coefficient (Wildman–Crippen LogP) is 2.54. The maximum Gasteiger partial charge on any atom is 0.337 e. The van der Waals surface area contributed by atoms with Gasteiger partial charge in [-0.05, 0) is 25.8 Å². The molecule has 96 valence electrons. The molecule has 0 unspecified atom stereocenters. The molecule has 0 N–H and O–H groups in total. The van der Waals surface area contributed by atoms with E-state index in [2.05, 4.69) is 18.7 Å². The lowest BCUT2D eigenvalue weighted by Gasteiger charge is -2.27. The summed E-state index contributed by atoms with van der Waals surface area (Å²) in [5.41, 5.74) is 2.01. The second-order valence-electron chi connectivity index (χ2n) is 4.25. The molecule has 0 radical (unpaired) electrons. The summed E-state index contributed by atoms with van der Waals surface area (Å²) in [5, 5.41) is 0. The summed E-state index contributed by atoms with van der Waals surface area (Å²) in [6.07, 6.45) is 6.84. The molecule has 0 amide bonds. The molecule has 0 saturated carbocycles. The number of ether oxygens (including phenoxy) is 1. The van der Waals surface area contributed by atoms with E-state index in [1.54, 1.807) is 0 Å². The van der Waals surface area contributed by atoms with Crippen molar-refractivity contribution in [3.8, 4) is 0 Å². The largest absolute Gasteiger partial charge is 0.465 e. The van der Waals surface area contributed by atoms with Gasteiger partial charge in [-0.15, -0.1) is 0 Å². The highest BCUT2D eigenvalue weighted by Crippen LogP contribution is 2.21. The number of nitrogens with zero attached hydrogens (tertiary/aromatic N) is 1. The van der Waals surface area contributed by atoms with E-state index >= 15 is 0 Å². The first kappa shape index (κ1) is 14.0. The predicted molar refractivity (Wildman–Crippen MR) is 69.8 cm³/mol. The third kappa shape index (κ3) is 4.00. The van der Waals surface area contributed by atoms with Gasteiger partial charge >= 0.3 is 5.97 Å². The minimum Gasteiger partial charge on any atom is -0.465 e. The van der Waals surface area contributed by atoms with Crippen molar-refractivity contribution < 1.29 is 9.53 Å². The van der Waals surface area contributed by atoms with Gasteiger partial charge in [-0.2, -0.15) is 0 Å². The van der Waals surface area contributed by atoms with Gasteiger partial charge in [0.05, 0.1) is 12.7 Å². The maximum absolute atomic E-state index is 11.7. The van der Waals surface area contributed by atoms with Crippen LogP contribution in [0.25, 0.3) is 0 Å². The van der Waals surface area contributed by atoms with Crippen LogP contribution < -0.4 is 0 Å². The molecule has 1 heterocycles. The Labute approximate surface area is 104 Å². The molecule has 0 atom stereocenters. The van der Waals surface area contributed by atoms with E-state index in [0.717, 1.165) is 44.5 Å². The molecule has 1 fully saturated rings. The molecule has 3 nitrogen and oxygen atoms in total. The van der Waals surface area contributed by atoms with Crippen LogP contribution in [-0.2, 0) is 9.53 Å². The van der Waals surface area contributed by atoms with Gasteiger partial charge in [0, 0.05) is 13.1 Å². The fraction of sp³-hybridized carbons (Fsp3) is 0.643. The van der Waals surface area contributed by atoms with Gasteiger partial charge < -0.3 is 9.64 Å². The SMILES string of the molecule is CC/C=C\C(C(=O)OC)=C1CCN(CC)CC1. The van der Waals surface area contributed by atoms with Crippen LogP contribution in [0.4, 0.5) is 0 Å². The first-order valence-corrected chi connectivity index (χ1v) is 6.42. The van der Waals surface area contributed by atoms with Gasteiger partial charge in [0.1, 0.15) is 0 Å². The van der Waals surface area contributed by atoms with E-state index < -0.39 is 0 Å². The molecule has 1 saturated heterocycles. The topological polar surface area (TPSA) is 29.5 Å². The third-order valence-corrected chi connectivity index (χ3v) is 3.21. The van der Waals surface area contributed by atoms with Crippen LogP contribution in [0.5, 0.6) is 0 Å². The molecule has 0 aliphatic carbocycles. The normalized spacial score (nSPS) is 17.5. The van der Waals surface area contributed by atoms with E-state index in [1.807, 2.05) is 12.2 Å². The van der Waals surface area contributed by atoms with Crippen molar-refractivity contribution in [1.82, 2.24) is 4.90 Å². The average molecular weight is 237 g/mol. The number of hydrogen-bond acceptors (Lipinski definition) is 3. The summed E-state index contributed by atoms with van der Waals surface area (Å²) >= 11 is 0. The van der Waals surface area contributed by atoms with Crippen molar-refractivity contribution in [2.75, 3.05) is 26.7 Å². The quantitative estimate of drug-likeness (QED) is 0.556. The van der Waals surface area contributed by atoms with Crippen LogP contribution in [0.15, 0.2) is 23.3 Å². The van der Waals surface area contributed by atoms with Gasteiger partial charge in [0.25, 0.3) is 0 Å². The number of methoxy groups -OCH3 is 1. The summed E-state index contributed by atoms with van der Waals surface area (Å²) in [6.45, 7) is 7.42. The molecular formula is C14H23NO2. The molecule has 0 aromatic heterocycles. The van der Waals surface area contributed by atoms with Gasteiger partial charge in [-0.1, -0.05) is 31.6 Å². The van der Waals surface area contributed by atoms with E-state index in [1.165, 1.54) is 12.7 Å². The Morgan fingerprint density at radius 1 is 1.35 bits per heavy atom. The number of piperidine rings is 1. The molecule has 0 aromatic carbocycles. The smallest absolute Gasteiger partial charge is 0.337 e. The van der Waals surface area contributed by atoms with Gasteiger partial charge in [0.15, 0.2) is 0 Å². The van der Waals surface area contributed by atoms with Crippen LogP contribution in [0.2, 0.25) is 0 Å². The number of allylic oxidation sites excluding steroid dienone is 1. The van der Waals surface area contributed by atoms with Crippen molar-refractivity contribution in [3.63, 3.8) is 0 Å². The lowest BCUT2D eigenvalue weighted by atomic mass is 9.97. The van der Waals surface area contributed by atoms with E-state index in [0.29, 0.717) is 0 Å². The fourth-order valence-corrected chi connectivity index (χ4v) is 2.08. The highest BCUT2D eigenvalue weighted by molar-refractivity contribution is 5.92. The first-order valence-electron chi connectivity index (χ1n) is 6.42. The summed E-state index contributed by atoms with van der Waals surface area (Å²) < 4.78 is 4.85. The second-order valence-corrected chi connectivity index (χ2v) is 4.25. The Bertz CT molecular complexity index is 308. The number of rotatable bonds is 4. The zero-order chi connectivity index (χ0) is 12.7. The van der Waals surface area contributed by atoms with E-state index in [4.69, 9.17) is 4.74 Å². The molecule has 1 aliphatic heterocycles. The standard InChI is InChI=1S/C14H23NO2/c1-4-6-7-13(14(16)17-3)12-8-10-15(5-2)11-9-12/h6-7H,4-5,8-11H2,1-3H3/b7-6-. The van der Waals surface area contributed by atoms with Crippen molar-refractivity contribution in [3.05, 3.63) is 23.3 Å². The van der Waals surface area contributed by atoms with E-state index in [9.17, 15) is 4.79 Å². The Balaban J connectivity index is 2.81. The summed E-state index contributed by atoms with van der Waals surface area (Å²) in [7, 11) is 1.45. The van der Waals surface area contributed by atoms with Crippen molar-refractivity contribution >= 4 is 5.97 Å². The van der Waals surface area contributed by atoms with Gasteiger partial charge in [-0.3, -0.25) is 0 Å². The van der Waals surface area contributed by atoms with Gasteiger partial charge in [0.2, 0.25) is 0 Å². The molecule has 0 spiro atoms. The van der Waals surface area contributed by atoms with Crippen molar-refractivity contribution in [2.45, 2.75) is 33.1 Å². The molecule has 1 rings (SSSR count). The minimum atomic E-state index is -0.199. The van der Waals surface area contributed by atoms with Crippen molar-refractivity contribution in [2.24, 2.45) is 0 Å². The molecule has 17 heavy (non-hydrogen) atoms. The highest BCUT2D eigenvalue weighted by atomic mass is 16.5. The van der Waals surface area contributed by atoms with Crippen molar-refractivity contribution in [1.29, 1.82) is 0 Å². The summed E-state index contributed by atoms with van der Waals surface area (Å²) in [5.74, 6) is -0.199. The number of carbonyl (C=O) groups excluding carboxylic acids is 1. The van der Waals surface area contributed by atoms with E-state index in [-0.39, 0.29) is 5.97 Å². The fourth-order valence-electron chi connectivity index (χ4n) is 2.08. The van der Waals surface area contributed by atoms with Gasteiger partial charge in [-0.25, -0.2) is 4.79 Å². The minimum absolute atomic E-state index is 0.199. The van der Waals surface area contributed by atoms with Crippen LogP contribution >= 0.6 is 0 Å². The summed E-state index contributed by atoms with van der Waals surface area (Å²) in [4.78, 5) is 14.1. The first-order chi connectivity index (χ1) is 8.22. The number of hydrogen-bond donors (Lipinski definition) is 0. The Morgan fingerprint density at radius 2 is 2.00 bits per heavy atom.